The summed E-state index contributed by atoms with van der Waals surface area (Å²) in [5.74, 6) is 0.646. The first-order valence-electron chi connectivity index (χ1n) is 8.15. The minimum Gasteiger partial charge on any atom is -0.492 e. The number of amides is 1. The van der Waals surface area contributed by atoms with Crippen LogP contribution in [-0.4, -0.2) is 56.8 Å². The number of nitrogens with zero attached hydrogens (tertiary/aromatic N) is 1. The van der Waals surface area contributed by atoms with E-state index in [4.69, 9.17) is 15.2 Å². The van der Waals surface area contributed by atoms with Crippen LogP contribution in [0.25, 0.3) is 0 Å². The Hall–Kier alpha value is -1.05. The van der Waals surface area contributed by atoms with Gasteiger partial charge in [-0.1, -0.05) is 12.1 Å². The van der Waals surface area contributed by atoms with Crippen LogP contribution in [0.3, 0.4) is 0 Å². The zero-order chi connectivity index (χ0) is 16.5. The van der Waals surface area contributed by atoms with Crippen LogP contribution in [0, 0.1) is 0 Å². The monoisotopic (exact) mass is 393 g/mol. The molecular weight excluding hydrogens is 365 g/mol. The molecule has 1 saturated heterocycles. The lowest BCUT2D eigenvalue weighted by Crippen LogP contribution is -2.43. The molecule has 1 amide bonds. The molecule has 0 radical (unpaired) electrons. The van der Waals surface area contributed by atoms with Crippen molar-refractivity contribution in [1.29, 1.82) is 0 Å². The maximum absolute atomic E-state index is 11.7. The predicted molar refractivity (Wildman–Crippen MR) is 104 cm³/mol. The van der Waals surface area contributed by atoms with Gasteiger partial charge < -0.3 is 20.5 Å². The Morgan fingerprint density at radius 1 is 1.24 bits per heavy atom. The Bertz CT molecular complexity index is 483. The van der Waals surface area contributed by atoms with Gasteiger partial charge in [-0.3, -0.25) is 9.69 Å². The van der Waals surface area contributed by atoms with E-state index in [9.17, 15) is 4.79 Å². The third-order valence-electron chi connectivity index (χ3n) is 3.95. The van der Waals surface area contributed by atoms with Crippen LogP contribution in [0.1, 0.15) is 18.4 Å². The zero-order valence-corrected chi connectivity index (χ0v) is 16.2. The average molecular weight is 394 g/mol. The van der Waals surface area contributed by atoms with E-state index in [1.807, 2.05) is 24.3 Å². The average Bonchev–Trinajstić information content (AvgIpc) is 3.07. The van der Waals surface area contributed by atoms with Gasteiger partial charge in [0.1, 0.15) is 18.4 Å². The van der Waals surface area contributed by atoms with Crippen molar-refractivity contribution < 1.29 is 14.3 Å². The van der Waals surface area contributed by atoms with Gasteiger partial charge in [0.15, 0.2) is 0 Å². The number of hydrogen-bond donors (Lipinski definition) is 2. The smallest absolute Gasteiger partial charge is 0.239 e. The molecule has 1 aromatic carbocycles. The van der Waals surface area contributed by atoms with E-state index < -0.39 is 6.04 Å². The molecule has 0 spiro atoms. The van der Waals surface area contributed by atoms with Crippen LogP contribution in [-0.2, 0) is 16.1 Å². The fraction of sp³-hybridized carbons (Fsp3) is 0.588. The van der Waals surface area contributed by atoms with Crippen molar-refractivity contribution in [2.24, 2.45) is 5.73 Å². The minimum absolute atomic E-state index is 0. The molecule has 1 heterocycles. The Kier molecular flexibility index (Phi) is 12.6. The number of carbonyl (C=O) groups is 1. The van der Waals surface area contributed by atoms with Crippen LogP contribution in [0.15, 0.2) is 24.3 Å². The molecule has 0 aliphatic carbocycles. The molecule has 1 atom stereocenters. The third kappa shape index (κ3) is 8.74. The van der Waals surface area contributed by atoms with Crippen molar-refractivity contribution in [3.63, 3.8) is 0 Å². The highest BCUT2D eigenvalue weighted by Gasteiger charge is 2.12. The van der Waals surface area contributed by atoms with Gasteiger partial charge in [-0.05, 0) is 43.6 Å². The predicted octanol–water partition coefficient (Wildman–Crippen LogP) is 1.59. The van der Waals surface area contributed by atoms with E-state index in [0.29, 0.717) is 13.2 Å². The molecule has 8 heteroatoms. The fourth-order valence-corrected chi connectivity index (χ4v) is 2.58. The van der Waals surface area contributed by atoms with Crippen LogP contribution in [0.4, 0.5) is 0 Å². The Morgan fingerprint density at radius 2 is 1.88 bits per heavy atom. The number of carbonyl (C=O) groups excluding carboxylic acids is 1. The highest BCUT2D eigenvalue weighted by atomic mass is 35.5. The van der Waals surface area contributed by atoms with Crippen LogP contribution in [0.5, 0.6) is 5.75 Å². The molecule has 0 aromatic heterocycles. The second kappa shape index (κ2) is 13.2. The zero-order valence-electron chi connectivity index (χ0n) is 14.6. The number of likely N-dealkylation sites (tertiary alicyclic amines) is 1. The van der Waals surface area contributed by atoms with Crippen LogP contribution < -0.4 is 15.8 Å². The van der Waals surface area contributed by atoms with Gasteiger partial charge in [0.25, 0.3) is 0 Å². The van der Waals surface area contributed by atoms with Crippen molar-refractivity contribution in [3.8, 4) is 5.75 Å². The summed E-state index contributed by atoms with van der Waals surface area (Å²) in [7, 11) is 1.52. The number of methoxy groups -OCH3 is 1. The molecule has 6 nitrogen and oxygen atoms in total. The SMILES string of the molecule is COCC(N)C(=O)NCc1ccc(OCCN2CCCC2)cc1.Cl.Cl. The summed E-state index contributed by atoms with van der Waals surface area (Å²) < 4.78 is 10.6. The molecule has 1 aliphatic rings. The van der Waals surface area contributed by atoms with E-state index >= 15 is 0 Å². The largest absolute Gasteiger partial charge is 0.492 e. The molecule has 25 heavy (non-hydrogen) atoms. The highest BCUT2D eigenvalue weighted by molar-refractivity contribution is 5.85. The van der Waals surface area contributed by atoms with Gasteiger partial charge in [-0.15, -0.1) is 24.8 Å². The van der Waals surface area contributed by atoms with Gasteiger partial charge in [0, 0.05) is 20.2 Å². The number of ether oxygens (including phenoxy) is 2. The van der Waals surface area contributed by atoms with E-state index in [1.54, 1.807) is 0 Å². The first kappa shape index (κ1) is 23.9. The van der Waals surface area contributed by atoms with E-state index in [0.717, 1.165) is 17.9 Å². The summed E-state index contributed by atoms with van der Waals surface area (Å²) in [5, 5.41) is 2.79. The fourth-order valence-electron chi connectivity index (χ4n) is 2.58. The third-order valence-corrected chi connectivity index (χ3v) is 3.95. The maximum atomic E-state index is 11.7. The Morgan fingerprint density at radius 3 is 2.48 bits per heavy atom. The van der Waals surface area contributed by atoms with Gasteiger partial charge in [-0.25, -0.2) is 0 Å². The topological polar surface area (TPSA) is 76.8 Å². The summed E-state index contributed by atoms with van der Waals surface area (Å²) in [6, 6.07) is 7.13. The van der Waals surface area contributed by atoms with Crippen molar-refractivity contribution in [1.82, 2.24) is 10.2 Å². The number of rotatable bonds is 9. The molecule has 2 rings (SSSR count). The molecule has 1 aromatic rings. The number of halogens is 2. The molecule has 144 valence electrons. The van der Waals surface area contributed by atoms with Gasteiger partial charge in [0.2, 0.25) is 5.91 Å². The molecule has 3 N–H and O–H groups in total. The van der Waals surface area contributed by atoms with E-state index in [-0.39, 0.29) is 37.3 Å². The first-order valence-corrected chi connectivity index (χ1v) is 8.15. The summed E-state index contributed by atoms with van der Waals surface area (Å²) >= 11 is 0. The highest BCUT2D eigenvalue weighted by Crippen LogP contribution is 2.13. The molecule has 0 bridgehead atoms. The van der Waals surface area contributed by atoms with Crippen LogP contribution in [0.2, 0.25) is 0 Å². The van der Waals surface area contributed by atoms with Crippen molar-refractivity contribution in [3.05, 3.63) is 29.8 Å². The minimum atomic E-state index is -0.631. The van der Waals surface area contributed by atoms with Crippen molar-refractivity contribution in [2.75, 3.05) is 40.0 Å². The standard InChI is InChI=1S/C17H27N3O3.2ClH/c1-22-13-16(18)17(21)19-12-14-4-6-15(7-5-14)23-11-10-20-8-2-3-9-20;;/h4-7,16H,2-3,8-13,18H2,1H3,(H,19,21);2*1H. The van der Waals surface area contributed by atoms with E-state index in [2.05, 4.69) is 10.2 Å². The summed E-state index contributed by atoms with van der Waals surface area (Å²) in [6.45, 7) is 4.73. The first-order chi connectivity index (χ1) is 11.2. The Balaban J connectivity index is 0.00000288. The van der Waals surface area contributed by atoms with Gasteiger partial charge >= 0.3 is 0 Å². The number of nitrogens with two attached hydrogens (primary N) is 1. The molecule has 1 aliphatic heterocycles. The quantitative estimate of drug-likeness (QED) is 0.665. The Labute approximate surface area is 162 Å². The lowest BCUT2D eigenvalue weighted by molar-refractivity contribution is -0.123. The number of nitrogens with one attached hydrogen (secondary N) is 1. The molecule has 1 unspecified atom stereocenters. The lowest BCUT2D eigenvalue weighted by atomic mass is 10.2. The van der Waals surface area contributed by atoms with Crippen molar-refractivity contribution >= 4 is 30.7 Å². The van der Waals surface area contributed by atoms with E-state index in [1.165, 1.54) is 33.0 Å². The number of benzene rings is 1. The lowest BCUT2D eigenvalue weighted by Gasteiger charge is -2.15. The van der Waals surface area contributed by atoms with Gasteiger partial charge in [0.05, 0.1) is 6.61 Å². The second-order valence-electron chi connectivity index (χ2n) is 5.82. The normalized spacial score (nSPS) is 15.0. The molecule has 1 fully saturated rings. The second-order valence-corrected chi connectivity index (χ2v) is 5.82. The summed E-state index contributed by atoms with van der Waals surface area (Å²) in [6.07, 6.45) is 2.60. The van der Waals surface area contributed by atoms with Gasteiger partial charge in [-0.2, -0.15) is 0 Å². The molecule has 0 saturated carbocycles. The number of hydrogen-bond acceptors (Lipinski definition) is 5. The van der Waals surface area contributed by atoms with Crippen molar-refractivity contribution in [2.45, 2.75) is 25.4 Å². The summed E-state index contributed by atoms with van der Waals surface area (Å²) in [5.41, 5.74) is 6.67. The summed E-state index contributed by atoms with van der Waals surface area (Å²) in [4.78, 5) is 14.1. The molecular formula is C17H29Cl2N3O3. The van der Waals surface area contributed by atoms with Crippen LogP contribution >= 0.6 is 24.8 Å². The maximum Gasteiger partial charge on any atom is 0.239 e.